The highest BCUT2D eigenvalue weighted by Crippen LogP contribution is 2.27. The fourth-order valence-corrected chi connectivity index (χ4v) is 2.36. The lowest BCUT2D eigenvalue weighted by Gasteiger charge is -2.21. The molecule has 1 atom stereocenters. The van der Waals surface area contributed by atoms with Crippen molar-refractivity contribution in [3.05, 3.63) is 35.9 Å². The summed E-state index contributed by atoms with van der Waals surface area (Å²) in [6.45, 7) is 0. The predicted octanol–water partition coefficient (Wildman–Crippen LogP) is 2.26. The molecule has 2 rings (SSSR count). The second-order valence-corrected chi connectivity index (χ2v) is 4.50. The minimum absolute atomic E-state index is 0.0642. The molecule has 0 aromatic carbocycles. The Labute approximate surface area is 102 Å². The van der Waals surface area contributed by atoms with Crippen molar-refractivity contribution in [1.82, 2.24) is 15.4 Å². The molecule has 3 N–H and O–H groups in total. The molecule has 0 saturated carbocycles. The van der Waals surface area contributed by atoms with E-state index >= 15 is 0 Å². The van der Waals surface area contributed by atoms with Crippen LogP contribution in [0.5, 0.6) is 0 Å². The van der Waals surface area contributed by atoms with Gasteiger partial charge in [0.2, 0.25) is 0 Å². The van der Waals surface area contributed by atoms with Gasteiger partial charge in [-0.2, -0.15) is 0 Å². The Hall–Kier alpha value is -1.26. The molecular weight excluding hydrogens is 212 g/mol. The molecule has 0 radical (unpaired) electrons. The summed E-state index contributed by atoms with van der Waals surface area (Å²) in [6.07, 6.45) is 15.0. The molecule has 1 aromatic rings. The molecule has 92 valence electrons. The lowest BCUT2D eigenvalue weighted by Crippen LogP contribution is -2.29. The van der Waals surface area contributed by atoms with Gasteiger partial charge in [0.15, 0.2) is 0 Å². The van der Waals surface area contributed by atoms with Crippen LogP contribution in [0.4, 0.5) is 0 Å². The summed E-state index contributed by atoms with van der Waals surface area (Å²) in [5.41, 5.74) is 5.31. The first-order valence-electron chi connectivity index (χ1n) is 6.32. The topological polar surface area (TPSA) is 63.8 Å². The normalized spacial score (nSPS) is 19.0. The number of hydrazine groups is 1. The Balaban J connectivity index is 2.16. The van der Waals surface area contributed by atoms with Gasteiger partial charge in [-0.25, -0.2) is 15.4 Å². The van der Waals surface area contributed by atoms with Crippen molar-refractivity contribution in [2.45, 2.75) is 44.6 Å². The van der Waals surface area contributed by atoms with Crippen LogP contribution < -0.4 is 11.3 Å². The fraction of sp³-hybridized carbons (Fsp3) is 0.538. The highest BCUT2D eigenvalue weighted by molar-refractivity contribution is 5.23. The minimum atomic E-state index is 0.0642. The molecule has 4 nitrogen and oxygen atoms in total. The van der Waals surface area contributed by atoms with Gasteiger partial charge in [-0.1, -0.05) is 24.5 Å². The monoisotopic (exact) mass is 232 g/mol. The van der Waals surface area contributed by atoms with Crippen LogP contribution in [-0.4, -0.2) is 9.97 Å². The third-order valence-corrected chi connectivity index (χ3v) is 3.28. The first-order chi connectivity index (χ1) is 8.42. The van der Waals surface area contributed by atoms with Crippen LogP contribution in [0.1, 0.15) is 50.1 Å². The number of nitrogens with zero attached hydrogens (tertiary/aromatic N) is 2. The first-order valence-corrected chi connectivity index (χ1v) is 6.32. The van der Waals surface area contributed by atoms with Gasteiger partial charge in [0.05, 0.1) is 6.04 Å². The van der Waals surface area contributed by atoms with Gasteiger partial charge in [-0.05, 0) is 25.7 Å². The number of hydrogen-bond acceptors (Lipinski definition) is 4. The zero-order valence-electron chi connectivity index (χ0n) is 10.1. The number of nitrogens with one attached hydrogen (secondary N) is 1. The molecule has 4 heteroatoms. The van der Waals surface area contributed by atoms with Crippen LogP contribution in [-0.2, 0) is 0 Å². The Kier molecular flexibility index (Phi) is 4.64. The van der Waals surface area contributed by atoms with Gasteiger partial charge >= 0.3 is 0 Å². The first kappa shape index (κ1) is 12.2. The smallest absolute Gasteiger partial charge is 0.115 e. The van der Waals surface area contributed by atoms with E-state index < -0.39 is 0 Å². The molecule has 1 aromatic heterocycles. The maximum atomic E-state index is 5.68. The molecule has 17 heavy (non-hydrogen) atoms. The number of aromatic nitrogens is 2. The van der Waals surface area contributed by atoms with Gasteiger partial charge < -0.3 is 0 Å². The SMILES string of the molecule is NNC(C1=CCCCCCC1)c1cncnc1. The standard InChI is InChI=1S/C13H20N4/c14-17-13(12-8-15-10-16-9-12)11-6-4-2-1-3-5-7-11/h6,8-10,13,17H,1-5,7,14H2. The van der Waals surface area contributed by atoms with E-state index in [4.69, 9.17) is 5.84 Å². The molecule has 0 amide bonds. The summed E-state index contributed by atoms with van der Waals surface area (Å²) < 4.78 is 0. The summed E-state index contributed by atoms with van der Waals surface area (Å²) in [6, 6.07) is 0.0642. The average Bonchev–Trinajstić information content (AvgIpc) is 2.34. The summed E-state index contributed by atoms with van der Waals surface area (Å²) in [7, 11) is 0. The molecule has 0 spiro atoms. The average molecular weight is 232 g/mol. The maximum Gasteiger partial charge on any atom is 0.115 e. The predicted molar refractivity (Wildman–Crippen MR) is 67.9 cm³/mol. The Morgan fingerprint density at radius 3 is 2.65 bits per heavy atom. The summed E-state index contributed by atoms with van der Waals surface area (Å²) in [5, 5.41) is 0. The zero-order valence-corrected chi connectivity index (χ0v) is 10.1. The van der Waals surface area contributed by atoms with Crippen molar-refractivity contribution in [3.8, 4) is 0 Å². The highest BCUT2D eigenvalue weighted by Gasteiger charge is 2.16. The third kappa shape index (κ3) is 3.35. The van der Waals surface area contributed by atoms with E-state index in [0.29, 0.717) is 0 Å². The van der Waals surface area contributed by atoms with E-state index in [1.165, 1.54) is 31.3 Å². The molecule has 1 heterocycles. The number of nitrogens with two attached hydrogens (primary N) is 1. The van der Waals surface area contributed by atoms with Crippen LogP contribution in [0, 0.1) is 0 Å². The molecule has 0 aliphatic heterocycles. The second-order valence-electron chi connectivity index (χ2n) is 4.50. The van der Waals surface area contributed by atoms with Gasteiger partial charge in [0, 0.05) is 18.0 Å². The van der Waals surface area contributed by atoms with Gasteiger partial charge in [0.1, 0.15) is 6.33 Å². The van der Waals surface area contributed by atoms with Gasteiger partial charge in [0.25, 0.3) is 0 Å². The minimum Gasteiger partial charge on any atom is -0.271 e. The van der Waals surface area contributed by atoms with Crippen molar-refractivity contribution in [1.29, 1.82) is 0 Å². The van der Waals surface area contributed by atoms with Crippen molar-refractivity contribution in [2.24, 2.45) is 5.84 Å². The molecular formula is C13H20N4. The zero-order chi connectivity index (χ0) is 11.9. The van der Waals surface area contributed by atoms with Crippen LogP contribution in [0.3, 0.4) is 0 Å². The van der Waals surface area contributed by atoms with E-state index in [9.17, 15) is 0 Å². The van der Waals surface area contributed by atoms with E-state index in [2.05, 4.69) is 21.5 Å². The third-order valence-electron chi connectivity index (χ3n) is 3.28. The Morgan fingerprint density at radius 1 is 1.12 bits per heavy atom. The lowest BCUT2D eigenvalue weighted by atomic mass is 9.92. The Bertz CT molecular complexity index is 361. The summed E-state index contributed by atoms with van der Waals surface area (Å²) in [5.74, 6) is 5.68. The fourth-order valence-electron chi connectivity index (χ4n) is 2.36. The highest BCUT2D eigenvalue weighted by atomic mass is 15.2. The van der Waals surface area contributed by atoms with E-state index in [1.807, 2.05) is 12.4 Å². The summed E-state index contributed by atoms with van der Waals surface area (Å²) in [4.78, 5) is 8.11. The number of allylic oxidation sites excluding steroid dienone is 1. The van der Waals surface area contributed by atoms with Crippen LogP contribution in [0.2, 0.25) is 0 Å². The molecule has 1 unspecified atom stereocenters. The molecule has 0 bridgehead atoms. The number of hydrogen-bond donors (Lipinski definition) is 2. The quantitative estimate of drug-likeness (QED) is 0.476. The van der Waals surface area contributed by atoms with Gasteiger partial charge in [-0.15, -0.1) is 0 Å². The summed E-state index contributed by atoms with van der Waals surface area (Å²) >= 11 is 0. The molecule has 0 fully saturated rings. The maximum absolute atomic E-state index is 5.68. The van der Waals surface area contributed by atoms with Crippen molar-refractivity contribution < 1.29 is 0 Å². The molecule has 1 aliphatic rings. The van der Waals surface area contributed by atoms with Crippen LogP contribution in [0.25, 0.3) is 0 Å². The second kappa shape index (κ2) is 6.47. The van der Waals surface area contributed by atoms with E-state index in [-0.39, 0.29) is 6.04 Å². The lowest BCUT2D eigenvalue weighted by molar-refractivity contribution is 0.553. The largest absolute Gasteiger partial charge is 0.271 e. The van der Waals surface area contributed by atoms with Gasteiger partial charge in [-0.3, -0.25) is 5.84 Å². The molecule has 1 aliphatic carbocycles. The van der Waals surface area contributed by atoms with E-state index in [0.717, 1.165) is 18.4 Å². The number of rotatable bonds is 3. The van der Waals surface area contributed by atoms with E-state index in [1.54, 1.807) is 6.33 Å². The van der Waals surface area contributed by atoms with Crippen molar-refractivity contribution in [2.75, 3.05) is 0 Å². The van der Waals surface area contributed by atoms with Crippen LogP contribution >= 0.6 is 0 Å². The van der Waals surface area contributed by atoms with Crippen LogP contribution in [0.15, 0.2) is 30.4 Å². The van der Waals surface area contributed by atoms with Crippen molar-refractivity contribution >= 4 is 0 Å². The Morgan fingerprint density at radius 2 is 1.88 bits per heavy atom. The van der Waals surface area contributed by atoms with Crippen molar-refractivity contribution in [3.63, 3.8) is 0 Å². The molecule has 0 saturated heterocycles.